The number of ether oxygens (including phenoxy) is 1. The lowest BCUT2D eigenvalue weighted by atomic mass is 9.51. The van der Waals surface area contributed by atoms with Gasteiger partial charge in [0.15, 0.2) is 0 Å². The van der Waals surface area contributed by atoms with Crippen LogP contribution in [0.3, 0.4) is 0 Å². The highest BCUT2D eigenvalue weighted by atomic mass is 16.6. The Morgan fingerprint density at radius 1 is 1.19 bits per heavy atom. The summed E-state index contributed by atoms with van der Waals surface area (Å²) in [4.78, 5) is 12.2. The number of carbonyl (C=O) groups excluding carboxylic acids is 1. The molecule has 0 heterocycles. The third kappa shape index (κ3) is 4.16. The van der Waals surface area contributed by atoms with Crippen molar-refractivity contribution >= 4 is 5.97 Å². The van der Waals surface area contributed by atoms with E-state index in [-0.39, 0.29) is 16.8 Å². The molecule has 1 aromatic carbocycles. The van der Waals surface area contributed by atoms with E-state index in [1.165, 1.54) is 22.3 Å². The van der Waals surface area contributed by atoms with Gasteiger partial charge in [0, 0.05) is 16.9 Å². The number of hydrogen-bond acceptors (Lipinski definition) is 2. The molecule has 142 valence electrons. The van der Waals surface area contributed by atoms with Crippen LogP contribution >= 0.6 is 0 Å². The average Bonchev–Trinajstić information content (AvgIpc) is 2.54. The molecule has 0 spiro atoms. The Kier molecular flexibility index (Phi) is 4.80. The SMILES string of the molecule is C=C1CC2(Cc3ccccc3)C(/C=C/C(=O)OC(C)(C)C)=CC(C)(C)C=C12. The lowest BCUT2D eigenvalue weighted by Gasteiger charge is -2.52. The van der Waals surface area contributed by atoms with Gasteiger partial charge in [-0.15, -0.1) is 0 Å². The molecule has 1 saturated carbocycles. The number of fused-ring (bicyclic) bond motifs is 1. The van der Waals surface area contributed by atoms with E-state index in [0.717, 1.165) is 12.8 Å². The molecule has 2 nitrogen and oxygen atoms in total. The highest BCUT2D eigenvalue weighted by Gasteiger charge is 2.49. The van der Waals surface area contributed by atoms with Gasteiger partial charge < -0.3 is 4.74 Å². The average molecular weight is 363 g/mol. The van der Waals surface area contributed by atoms with E-state index >= 15 is 0 Å². The quantitative estimate of drug-likeness (QED) is 0.487. The number of benzene rings is 1. The van der Waals surface area contributed by atoms with Crippen LogP contribution in [-0.2, 0) is 16.0 Å². The van der Waals surface area contributed by atoms with Gasteiger partial charge in [-0.1, -0.05) is 74.6 Å². The zero-order valence-corrected chi connectivity index (χ0v) is 17.1. The molecule has 0 saturated heterocycles. The summed E-state index contributed by atoms with van der Waals surface area (Å²) in [6, 6.07) is 10.5. The molecule has 0 radical (unpaired) electrons. The highest BCUT2D eigenvalue weighted by molar-refractivity contribution is 5.83. The first kappa shape index (κ1) is 19.4. The van der Waals surface area contributed by atoms with Crippen LogP contribution in [0.2, 0.25) is 0 Å². The van der Waals surface area contributed by atoms with Crippen molar-refractivity contribution in [2.45, 2.75) is 53.1 Å². The maximum atomic E-state index is 12.2. The van der Waals surface area contributed by atoms with Crippen molar-refractivity contribution in [2.75, 3.05) is 0 Å². The Labute approximate surface area is 163 Å². The molecule has 2 heteroatoms. The van der Waals surface area contributed by atoms with Gasteiger partial charge in [-0.05, 0) is 50.3 Å². The number of hydrogen-bond donors (Lipinski definition) is 0. The second-order valence-corrected chi connectivity index (χ2v) is 9.37. The van der Waals surface area contributed by atoms with E-state index in [9.17, 15) is 4.79 Å². The largest absolute Gasteiger partial charge is 0.457 e. The molecule has 2 aliphatic rings. The first-order valence-electron chi connectivity index (χ1n) is 9.61. The number of esters is 1. The van der Waals surface area contributed by atoms with Crippen molar-refractivity contribution in [3.05, 3.63) is 83.5 Å². The van der Waals surface area contributed by atoms with Crippen molar-refractivity contribution in [3.8, 4) is 0 Å². The standard InChI is InChI=1S/C25H30O2/c1-18-14-25(15-19-10-8-7-9-11-19)20(16-24(5,6)17-21(18)25)12-13-22(26)27-23(2,3)4/h7-13,16-17H,1,14-15H2,2-6H3/b13-12+. The van der Waals surface area contributed by atoms with E-state index in [2.05, 4.69) is 56.8 Å². The third-order valence-corrected chi connectivity index (χ3v) is 5.16. The molecule has 0 bridgehead atoms. The lowest BCUT2D eigenvalue weighted by molar-refractivity contribution is -0.148. The van der Waals surface area contributed by atoms with Gasteiger partial charge in [-0.25, -0.2) is 4.79 Å². The van der Waals surface area contributed by atoms with Crippen LogP contribution in [0.15, 0.2) is 77.9 Å². The van der Waals surface area contributed by atoms with Crippen LogP contribution in [-0.4, -0.2) is 11.6 Å². The molecular weight excluding hydrogens is 332 g/mol. The van der Waals surface area contributed by atoms with Crippen molar-refractivity contribution in [3.63, 3.8) is 0 Å². The van der Waals surface area contributed by atoms with Crippen LogP contribution in [0.25, 0.3) is 0 Å². The van der Waals surface area contributed by atoms with Crippen LogP contribution in [0.1, 0.15) is 46.6 Å². The summed E-state index contributed by atoms with van der Waals surface area (Å²) < 4.78 is 5.45. The van der Waals surface area contributed by atoms with Gasteiger partial charge >= 0.3 is 5.97 Å². The van der Waals surface area contributed by atoms with Crippen molar-refractivity contribution < 1.29 is 9.53 Å². The summed E-state index contributed by atoms with van der Waals surface area (Å²) in [6.45, 7) is 14.3. The minimum Gasteiger partial charge on any atom is -0.457 e. The van der Waals surface area contributed by atoms with Gasteiger partial charge in [0.25, 0.3) is 0 Å². The summed E-state index contributed by atoms with van der Waals surface area (Å²) in [7, 11) is 0. The number of allylic oxidation sites excluding steroid dienone is 6. The smallest absolute Gasteiger partial charge is 0.331 e. The van der Waals surface area contributed by atoms with E-state index in [4.69, 9.17) is 4.74 Å². The predicted octanol–water partition coefficient (Wildman–Crippen LogP) is 5.97. The molecule has 0 amide bonds. The predicted molar refractivity (Wildman–Crippen MR) is 111 cm³/mol. The van der Waals surface area contributed by atoms with Crippen LogP contribution < -0.4 is 0 Å². The van der Waals surface area contributed by atoms with Gasteiger partial charge in [0.1, 0.15) is 5.60 Å². The van der Waals surface area contributed by atoms with Crippen molar-refractivity contribution in [1.29, 1.82) is 0 Å². The van der Waals surface area contributed by atoms with E-state index in [1.807, 2.05) is 32.9 Å². The summed E-state index contributed by atoms with van der Waals surface area (Å²) in [5.74, 6) is -0.301. The topological polar surface area (TPSA) is 26.3 Å². The van der Waals surface area contributed by atoms with Gasteiger partial charge in [-0.3, -0.25) is 0 Å². The number of rotatable bonds is 4. The number of carbonyl (C=O) groups is 1. The van der Waals surface area contributed by atoms with Gasteiger partial charge in [-0.2, -0.15) is 0 Å². The Bertz CT molecular complexity index is 844. The monoisotopic (exact) mass is 362 g/mol. The normalized spacial score (nSPS) is 24.0. The fourth-order valence-corrected chi connectivity index (χ4v) is 4.14. The zero-order valence-electron chi connectivity index (χ0n) is 17.1. The molecule has 2 aliphatic carbocycles. The third-order valence-electron chi connectivity index (χ3n) is 5.16. The van der Waals surface area contributed by atoms with Gasteiger partial charge in [0.05, 0.1) is 0 Å². The summed E-state index contributed by atoms with van der Waals surface area (Å²) in [5, 5.41) is 0. The van der Waals surface area contributed by atoms with Crippen LogP contribution in [0.4, 0.5) is 0 Å². The molecule has 3 rings (SSSR count). The first-order chi connectivity index (χ1) is 12.5. The fourth-order valence-electron chi connectivity index (χ4n) is 4.14. The molecule has 0 aliphatic heterocycles. The second kappa shape index (κ2) is 6.67. The van der Waals surface area contributed by atoms with Crippen molar-refractivity contribution in [1.82, 2.24) is 0 Å². The maximum absolute atomic E-state index is 12.2. The first-order valence-corrected chi connectivity index (χ1v) is 9.61. The zero-order chi connectivity index (χ0) is 19.9. The fraction of sp³-hybridized carbons (Fsp3) is 0.400. The van der Waals surface area contributed by atoms with E-state index in [0.29, 0.717) is 0 Å². The second-order valence-electron chi connectivity index (χ2n) is 9.37. The lowest BCUT2D eigenvalue weighted by Crippen LogP contribution is -2.41. The van der Waals surface area contributed by atoms with E-state index in [1.54, 1.807) is 6.08 Å². The summed E-state index contributed by atoms with van der Waals surface area (Å²) in [5.41, 5.74) is 4.37. The molecule has 1 aromatic rings. The van der Waals surface area contributed by atoms with Crippen molar-refractivity contribution in [2.24, 2.45) is 10.8 Å². The molecule has 1 atom stereocenters. The minimum atomic E-state index is -0.487. The Balaban J connectivity index is 1.94. The molecular formula is C25H30O2. The Morgan fingerprint density at radius 2 is 1.85 bits per heavy atom. The maximum Gasteiger partial charge on any atom is 0.331 e. The van der Waals surface area contributed by atoms with E-state index < -0.39 is 5.60 Å². The summed E-state index contributed by atoms with van der Waals surface area (Å²) >= 11 is 0. The van der Waals surface area contributed by atoms with Crippen LogP contribution in [0, 0.1) is 10.8 Å². The molecule has 27 heavy (non-hydrogen) atoms. The molecule has 1 fully saturated rings. The Morgan fingerprint density at radius 3 is 2.44 bits per heavy atom. The molecule has 0 aromatic heterocycles. The van der Waals surface area contributed by atoms with Crippen LogP contribution in [0.5, 0.6) is 0 Å². The molecule has 0 N–H and O–H groups in total. The highest BCUT2D eigenvalue weighted by Crippen LogP contribution is 2.60. The minimum absolute atomic E-state index is 0.0630. The molecule has 1 unspecified atom stereocenters. The Hall–Kier alpha value is -2.35. The summed E-state index contributed by atoms with van der Waals surface area (Å²) in [6.07, 6.45) is 10.00. The van der Waals surface area contributed by atoms with Gasteiger partial charge in [0.2, 0.25) is 0 Å².